The molecule has 0 aromatic heterocycles. The molecule has 0 amide bonds. The standard InChI is InChI=1S/C15H17N3O3/c1-21-12-7-5-11(6-8-12)9-10-17-14-4-2-3-13(16)15(14)18(19)20/h2-8,17H,9-10,16H2,1H3. The van der Waals surface area contributed by atoms with Crippen LogP contribution in [0.4, 0.5) is 17.1 Å². The van der Waals surface area contributed by atoms with Crippen LogP contribution < -0.4 is 15.8 Å². The van der Waals surface area contributed by atoms with Crippen LogP contribution in [0.2, 0.25) is 0 Å². The summed E-state index contributed by atoms with van der Waals surface area (Å²) in [4.78, 5) is 10.6. The van der Waals surface area contributed by atoms with Gasteiger partial charge in [0.05, 0.1) is 12.0 Å². The van der Waals surface area contributed by atoms with Crippen molar-refractivity contribution < 1.29 is 9.66 Å². The van der Waals surface area contributed by atoms with Gasteiger partial charge in [-0.05, 0) is 36.2 Å². The normalized spacial score (nSPS) is 10.1. The highest BCUT2D eigenvalue weighted by Gasteiger charge is 2.16. The molecule has 0 aliphatic heterocycles. The molecular weight excluding hydrogens is 270 g/mol. The highest BCUT2D eigenvalue weighted by atomic mass is 16.6. The van der Waals surface area contributed by atoms with Gasteiger partial charge in [0.2, 0.25) is 0 Å². The Morgan fingerprint density at radius 3 is 2.57 bits per heavy atom. The monoisotopic (exact) mass is 287 g/mol. The molecule has 0 unspecified atom stereocenters. The Balaban J connectivity index is 2.00. The SMILES string of the molecule is COc1ccc(CCNc2cccc(N)c2[N+](=O)[O-])cc1. The van der Waals surface area contributed by atoms with E-state index in [9.17, 15) is 10.1 Å². The summed E-state index contributed by atoms with van der Waals surface area (Å²) in [6, 6.07) is 12.6. The molecule has 0 atom stereocenters. The molecule has 110 valence electrons. The van der Waals surface area contributed by atoms with Gasteiger partial charge in [-0.3, -0.25) is 10.1 Å². The number of benzene rings is 2. The Kier molecular flexibility index (Phi) is 4.61. The van der Waals surface area contributed by atoms with Gasteiger partial charge in [-0.1, -0.05) is 18.2 Å². The van der Waals surface area contributed by atoms with E-state index in [1.165, 1.54) is 6.07 Å². The van der Waals surface area contributed by atoms with Gasteiger partial charge in [0, 0.05) is 6.54 Å². The molecule has 0 fully saturated rings. The molecule has 0 aliphatic carbocycles. The van der Waals surface area contributed by atoms with Crippen LogP contribution in [-0.2, 0) is 6.42 Å². The molecule has 21 heavy (non-hydrogen) atoms. The molecule has 0 radical (unpaired) electrons. The van der Waals surface area contributed by atoms with Crippen molar-refractivity contribution in [2.75, 3.05) is 24.7 Å². The van der Waals surface area contributed by atoms with Gasteiger partial charge in [0.15, 0.2) is 0 Å². The summed E-state index contributed by atoms with van der Waals surface area (Å²) in [5.41, 5.74) is 7.29. The Morgan fingerprint density at radius 2 is 1.95 bits per heavy atom. The topological polar surface area (TPSA) is 90.4 Å². The lowest BCUT2D eigenvalue weighted by atomic mass is 10.1. The summed E-state index contributed by atoms with van der Waals surface area (Å²) in [5.74, 6) is 0.804. The predicted octanol–water partition coefficient (Wildman–Crippen LogP) is 2.84. The van der Waals surface area contributed by atoms with Gasteiger partial charge < -0.3 is 15.8 Å². The van der Waals surface area contributed by atoms with Gasteiger partial charge in [0.1, 0.15) is 17.1 Å². The largest absolute Gasteiger partial charge is 0.497 e. The number of nitrogens with one attached hydrogen (secondary N) is 1. The third-order valence-electron chi connectivity index (χ3n) is 3.14. The average Bonchev–Trinajstić information content (AvgIpc) is 2.47. The molecule has 2 rings (SSSR count). The highest BCUT2D eigenvalue weighted by molar-refractivity contribution is 5.74. The van der Waals surface area contributed by atoms with E-state index in [1.54, 1.807) is 19.2 Å². The number of nitrogen functional groups attached to an aromatic ring is 1. The Morgan fingerprint density at radius 1 is 1.24 bits per heavy atom. The van der Waals surface area contributed by atoms with E-state index >= 15 is 0 Å². The first kappa shape index (κ1) is 14.6. The van der Waals surface area contributed by atoms with Crippen LogP contribution in [0.25, 0.3) is 0 Å². The first-order chi connectivity index (χ1) is 10.1. The van der Waals surface area contributed by atoms with Crippen molar-refractivity contribution >= 4 is 17.1 Å². The minimum Gasteiger partial charge on any atom is -0.497 e. The number of nitrogens with zero attached hydrogens (tertiary/aromatic N) is 1. The minimum absolute atomic E-state index is 0.0766. The molecule has 3 N–H and O–H groups in total. The maximum absolute atomic E-state index is 11.0. The smallest absolute Gasteiger partial charge is 0.314 e. The van der Waals surface area contributed by atoms with Crippen molar-refractivity contribution in [3.05, 3.63) is 58.1 Å². The fraction of sp³-hybridized carbons (Fsp3) is 0.200. The lowest BCUT2D eigenvalue weighted by Crippen LogP contribution is -2.08. The molecule has 2 aromatic carbocycles. The summed E-state index contributed by atoms with van der Waals surface area (Å²) in [6.45, 7) is 0.580. The van der Waals surface area contributed by atoms with Crippen molar-refractivity contribution in [1.29, 1.82) is 0 Å². The zero-order valence-corrected chi connectivity index (χ0v) is 11.7. The quantitative estimate of drug-likeness (QED) is 0.484. The van der Waals surface area contributed by atoms with Crippen LogP contribution in [0.3, 0.4) is 0 Å². The maximum Gasteiger partial charge on any atom is 0.314 e. The molecule has 6 heteroatoms. The number of hydrogen-bond donors (Lipinski definition) is 2. The number of nitro benzene ring substituents is 1. The van der Waals surface area contributed by atoms with Gasteiger partial charge in [-0.25, -0.2) is 0 Å². The van der Waals surface area contributed by atoms with Gasteiger partial charge >= 0.3 is 5.69 Å². The summed E-state index contributed by atoms with van der Waals surface area (Å²) >= 11 is 0. The maximum atomic E-state index is 11.0. The van der Waals surface area contributed by atoms with Gasteiger partial charge in [0.25, 0.3) is 0 Å². The van der Waals surface area contributed by atoms with Crippen molar-refractivity contribution in [2.45, 2.75) is 6.42 Å². The molecule has 0 aliphatic rings. The Bertz CT molecular complexity index is 627. The minimum atomic E-state index is -0.467. The zero-order valence-electron chi connectivity index (χ0n) is 11.7. The van der Waals surface area contributed by atoms with Crippen molar-refractivity contribution in [2.24, 2.45) is 0 Å². The molecule has 0 saturated carbocycles. The van der Waals surface area contributed by atoms with E-state index < -0.39 is 4.92 Å². The van der Waals surface area contributed by atoms with Crippen molar-refractivity contribution in [1.82, 2.24) is 0 Å². The van der Waals surface area contributed by atoms with Crippen LogP contribution in [0.5, 0.6) is 5.75 Å². The number of nitrogens with two attached hydrogens (primary N) is 1. The second-order valence-corrected chi connectivity index (χ2v) is 4.53. The van der Waals surface area contributed by atoms with Crippen LogP contribution in [0, 0.1) is 10.1 Å². The molecule has 0 heterocycles. The van der Waals surface area contributed by atoms with E-state index in [-0.39, 0.29) is 11.4 Å². The Labute approximate surface area is 122 Å². The molecule has 6 nitrogen and oxygen atoms in total. The number of anilines is 2. The molecule has 2 aromatic rings. The second kappa shape index (κ2) is 6.60. The highest BCUT2D eigenvalue weighted by Crippen LogP contribution is 2.30. The number of para-hydroxylation sites is 1. The van der Waals surface area contributed by atoms with Crippen LogP contribution >= 0.6 is 0 Å². The lowest BCUT2D eigenvalue weighted by Gasteiger charge is -2.09. The first-order valence-corrected chi connectivity index (χ1v) is 6.51. The van der Waals surface area contributed by atoms with E-state index in [0.717, 1.165) is 17.7 Å². The van der Waals surface area contributed by atoms with Crippen molar-refractivity contribution in [3.63, 3.8) is 0 Å². The number of ether oxygens (including phenoxy) is 1. The van der Waals surface area contributed by atoms with Crippen LogP contribution in [0.1, 0.15) is 5.56 Å². The molecular formula is C15H17N3O3. The van der Waals surface area contributed by atoms with Crippen LogP contribution in [0.15, 0.2) is 42.5 Å². The van der Waals surface area contributed by atoms with Crippen LogP contribution in [-0.4, -0.2) is 18.6 Å². The summed E-state index contributed by atoms with van der Waals surface area (Å²) < 4.78 is 5.09. The first-order valence-electron chi connectivity index (χ1n) is 6.51. The summed E-state index contributed by atoms with van der Waals surface area (Å²) in [6.07, 6.45) is 0.746. The van der Waals surface area contributed by atoms with Gasteiger partial charge in [-0.2, -0.15) is 0 Å². The summed E-state index contributed by atoms with van der Waals surface area (Å²) in [5, 5.41) is 14.1. The number of rotatable bonds is 6. The average molecular weight is 287 g/mol. The number of hydrogen-bond acceptors (Lipinski definition) is 5. The molecule has 0 spiro atoms. The molecule has 0 bridgehead atoms. The van der Waals surface area contributed by atoms with E-state index in [2.05, 4.69) is 5.32 Å². The third-order valence-corrected chi connectivity index (χ3v) is 3.14. The van der Waals surface area contributed by atoms with Crippen molar-refractivity contribution in [3.8, 4) is 5.75 Å². The van der Waals surface area contributed by atoms with E-state index in [4.69, 9.17) is 10.5 Å². The zero-order chi connectivity index (χ0) is 15.2. The fourth-order valence-corrected chi connectivity index (χ4v) is 2.04. The second-order valence-electron chi connectivity index (χ2n) is 4.53. The fourth-order valence-electron chi connectivity index (χ4n) is 2.04. The third kappa shape index (κ3) is 3.62. The molecule has 0 saturated heterocycles. The van der Waals surface area contributed by atoms with Gasteiger partial charge in [-0.15, -0.1) is 0 Å². The number of methoxy groups -OCH3 is 1. The Hall–Kier alpha value is -2.76. The lowest BCUT2D eigenvalue weighted by molar-refractivity contribution is -0.383. The number of nitro groups is 1. The predicted molar refractivity (Wildman–Crippen MR) is 82.7 cm³/mol. The summed E-state index contributed by atoms with van der Waals surface area (Å²) in [7, 11) is 1.62. The van der Waals surface area contributed by atoms with E-state index in [1.807, 2.05) is 24.3 Å². The van der Waals surface area contributed by atoms with E-state index in [0.29, 0.717) is 12.2 Å².